The lowest BCUT2D eigenvalue weighted by atomic mass is 10.3. The van der Waals surface area contributed by atoms with Crippen molar-refractivity contribution in [1.82, 2.24) is 9.97 Å². The molecule has 1 N–H and O–H groups in total. The van der Waals surface area contributed by atoms with E-state index in [4.69, 9.17) is 4.74 Å². The summed E-state index contributed by atoms with van der Waals surface area (Å²) in [7, 11) is 0. The van der Waals surface area contributed by atoms with Crippen LogP contribution in [-0.2, 0) is 9.53 Å². The zero-order valence-corrected chi connectivity index (χ0v) is 14.3. The molecule has 0 saturated carbocycles. The van der Waals surface area contributed by atoms with E-state index in [1.54, 1.807) is 18.4 Å². The Balaban J connectivity index is 1.63. The van der Waals surface area contributed by atoms with Crippen molar-refractivity contribution in [2.75, 3.05) is 11.9 Å². The molecule has 0 bridgehead atoms. The van der Waals surface area contributed by atoms with Crippen LogP contribution in [0.1, 0.15) is 22.4 Å². The number of benzene rings is 1. The predicted octanol–water partition coefficient (Wildman–Crippen LogP) is 3.58. The van der Waals surface area contributed by atoms with E-state index in [0.29, 0.717) is 5.13 Å². The minimum Gasteiger partial charge on any atom is -0.461 e. The molecular formula is C16H13N3O3S2. The summed E-state index contributed by atoms with van der Waals surface area (Å²) in [5.41, 5.74) is 1.09. The van der Waals surface area contributed by atoms with E-state index in [2.05, 4.69) is 15.3 Å². The first-order valence-electron chi connectivity index (χ1n) is 7.13. The number of hydrogen-bond donors (Lipinski definition) is 1. The molecule has 0 radical (unpaired) electrons. The zero-order chi connectivity index (χ0) is 16.9. The molecule has 2 heterocycles. The summed E-state index contributed by atoms with van der Waals surface area (Å²) in [5, 5.41) is 5.25. The molecule has 1 aromatic carbocycles. The standard InChI is InChI=1S/C16H13N3O3S2/c1-2-22-15(21)11-9-23-16(18-11)19-13(20)7-8-14-17-10-5-3-4-6-12(10)24-14/h3-9H,2H2,1H3,(H,18,19,20). The number of amides is 1. The lowest BCUT2D eigenvalue weighted by molar-refractivity contribution is -0.111. The van der Waals surface area contributed by atoms with Crippen molar-refractivity contribution in [1.29, 1.82) is 0 Å². The van der Waals surface area contributed by atoms with E-state index in [-0.39, 0.29) is 18.2 Å². The number of thiazole rings is 2. The number of nitrogens with one attached hydrogen (secondary N) is 1. The van der Waals surface area contributed by atoms with Gasteiger partial charge >= 0.3 is 5.97 Å². The maximum absolute atomic E-state index is 11.9. The van der Waals surface area contributed by atoms with E-state index in [1.807, 2.05) is 24.3 Å². The van der Waals surface area contributed by atoms with Crippen LogP contribution in [0.5, 0.6) is 0 Å². The Morgan fingerprint density at radius 3 is 2.92 bits per heavy atom. The smallest absolute Gasteiger partial charge is 0.357 e. The summed E-state index contributed by atoms with van der Waals surface area (Å²) in [6, 6.07) is 7.78. The first-order chi connectivity index (χ1) is 11.7. The number of para-hydroxylation sites is 1. The number of anilines is 1. The van der Waals surface area contributed by atoms with Crippen molar-refractivity contribution in [3.63, 3.8) is 0 Å². The highest BCUT2D eigenvalue weighted by Crippen LogP contribution is 2.22. The van der Waals surface area contributed by atoms with Gasteiger partial charge in [-0.25, -0.2) is 14.8 Å². The Kier molecular flexibility index (Phi) is 4.97. The van der Waals surface area contributed by atoms with Crippen molar-refractivity contribution in [2.45, 2.75) is 6.92 Å². The van der Waals surface area contributed by atoms with E-state index >= 15 is 0 Å². The SMILES string of the molecule is CCOC(=O)c1csc(NC(=O)C=Cc2nc3ccccc3s2)n1. The van der Waals surface area contributed by atoms with Gasteiger partial charge in [-0.05, 0) is 25.1 Å². The summed E-state index contributed by atoms with van der Waals surface area (Å²) in [4.78, 5) is 31.9. The normalized spacial score (nSPS) is 11.0. The van der Waals surface area contributed by atoms with Crippen LogP contribution in [-0.4, -0.2) is 28.5 Å². The maximum atomic E-state index is 11.9. The quantitative estimate of drug-likeness (QED) is 0.556. The lowest BCUT2D eigenvalue weighted by Gasteiger charge is -1.97. The Morgan fingerprint density at radius 2 is 2.12 bits per heavy atom. The predicted molar refractivity (Wildman–Crippen MR) is 95.4 cm³/mol. The molecule has 3 aromatic rings. The van der Waals surface area contributed by atoms with Crippen molar-refractivity contribution in [2.24, 2.45) is 0 Å². The third kappa shape index (κ3) is 3.84. The van der Waals surface area contributed by atoms with E-state index < -0.39 is 5.97 Å². The summed E-state index contributed by atoms with van der Waals surface area (Å²) < 4.78 is 5.92. The van der Waals surface area contributed by atoms with Gasteiger partial charge in [-0.2, -0.15) is 0 Å². The van der Waals surface area contributed by atoms with Crippen LogP contribution in [0.4, 0.5) is 5.13 Å². The number of ether oxygens (including phenoxy) is 1. The van der Waals surface area contributed by atoms with Crippen LogP contribution in [0.3, 0.4) is 0 Å². The van der Waals surface area contributed by atoms with Gasteiger partial charge in [0.15, 0.2) is 10.8 Å². The second-order valence-corrected chi connectivity index (χ2v) is 6.52. The molecule has 122 valence electrons. The monoisotopic (exact) mass is 359 g/mol. The highest BCUT2D eigenvalue weighted by atomic mass is 32.1. The van der Waals surface area contributed by atoms with Crippen molar-refractivity contribution in [3.8, 4) is 0 Å². The molecule has 3 rings (SSSR count). The van der Waals surface area contributed by atoms with Crippen LogP contribution in [0, 0.1) is 0 Å². The largest absolute Gasteiger partial charge is 0.461 e. The number of carbonyl (C=O) groups excluding carboxylic acids is 2. The molecule has 0 unspecified atom stereocenters. The van der Waals surface area contributed by atoms with Crippen LogP contribution in [0.2, 0.25) is 0 Å². The number of hydrogen-bond acceptors (Lipinski definition) is 7. The summed E-state index contributed by atoms with van der Waals surface area (Å²) in [6.45, 7) is 2.00. The van der Waals surface area contributed by atoms with Gasteiger partial charge in [-0.1, -0.05) is 12.1 Å². The molecule has 0 aliphatic rings. The molecule has 24 heavy (non-hydrogen) atoms. The third-order valence-corrected chi connectivity index (χ3v) is 4.67. The third-order valence-electron chi connectivity index (χ3n) is 2.91. The van der Waals surface area contributed by atoms with Gasteiger partial charge in [0.2, 0.25) is 5.91 Å². The van der Waals surface area contributed by atoms with Gasteiger partial charge < -0.3 is 4.74 Å². The average molecular weight is 359 g/mol. The fourth-order valence-corrected chi connectivity index (χ4v) is 3.44. The molecule has 2 aromatic heterocycles. The second-order valence-electron chi connectivity index (χ2n) is 4.60. The molecule has 6 nitrogen and oxygen atoms in total. The number of fused-ring (bicyclic) bond motifs is 1. The number of nitrogens with zero attached hydrogens (tertiary/aromatic N) is 2. The first-order valence-corrected chi connectivity index (χ1v) is 8.82. The molecule has 0 fully saturated rings. The van der Waals surface area contributed by atoms with Crippen molar-refractivity contribution >= 4 is 56.0 Å². The Bertz CT molecular complexity index is 881. The molecule has 0 atom stereocenters. The van der Waals surface area contributed by atoms with Crippen molar-refractivity contribution in [3.05, 3.63) is 46.4 Å². The average Bonchev–Trinajstić information content (AvgIpc) is 3.19. The van der Waals surface area contributed by atoms with Gasteiger partial charge in [0.1, 0.15) is 5.01 Å². The van der Waals surface area contributed by atoms with Crippen LogP contribution < -0.4 is 5.32 Å². The van der Waals surface area contributed by atoms with E-state index in [0.717, 1.165) is 15.2 Å². The second kappa shape index (κ2) is 7.33. The Hall–Kier alpha value is -2.58. The Labute approximate surface area is 145 Å². The van der Waals surface area contributed by atoms with Gasteiger partial charge in [0.25, 0.3) is 0 Å². The number of carbonyl (C=O) groups is 2. The summed E-state index contributed by atoms with van der Waals surface area (Å²) in [5.74, 6) is -0.835. The van der Waals surface area contributed by atoms with Gasteiger partial charge in [-0.3, -0.25) is 10.1 Å². The van der Waals surface area contributed by atoms with Gasteiger partial charge in [0, 0.05) is 11.5 Å². The van der Waals surface area contributed by atoms with E-state index in [1.165, 1.54) is 28.7 Å². The molecule has 0 saturated heterocycles. The highest BCUT2D eigenvalue weighted by Gasteiger charge is 2.12. The summed E-state index contributed by atoms with van der Waals surface area (Å²) in [6.07, 6.45) is 3.04. The van der Waals surface area contributed by atoms with Crippen LogP contribution in [0.25, 0.3) is 16.3 Å². The molecular weight excluding hydrogens is 346 g/mol. The minimum atomic E-state index is -0.501. The zero-order valence-electron chi connectivity index (χ0n) is 12.7. The molecule has 0 aliphatic heterocycles. The summed E-state index contributed by atoms with van der Waals surface area (Å²) >= 11 is 2.67. The maximum Gasteiger partial charge on any atom is 0.357 e. The highest BCUT2D eigenvalue weighted by molar-refractivity contribution is 7.19. The number of aromatic nitrogens is 2. The molecule has 0 spiro atoms. The van der Waals surface area contributed by atoms with Gasteiger partial charge in [0.05, 0.1) is 16.8 Å². The van der Waals surface area contributed by atoms with Crippen LogP contribution >= 0.6 is 22.7 Å². The van der Waals surface area contributed by atoms with E-state index in [9.17, 15) is 9.59 Å². The molecule has 8 heteroatoms. The molecule has 1 amide bonds. The van der Waals surface area contributed by atoms with Crippen molar-refractivity contribution < 1.29 is 14.3 Å². The van der Waals surface area contributed by atoms with Gasteiger partial charge in [-0.15, -0.1) is 22.7 Å². The fraction of sp³-hybridized carbons (Fsp3) is 0.125. The number of esters is 1. The first kappa shape index (κ1) is 16.3. The molecule has 0 aliphatic carbocycles. The topological polar surface area (TPSA) is 81.2 Å². The van der Waals surface area contributed by atoms with Crippen LogP contribution in [0.15, 0.2) is 35.7 Å². The minimum absolute atomic E-state index is 0.187. The lowest BCUT2D eigenvalue weighted by Crippen LogP contribution is -2.09. The fourth-order valence-electron chi connectivity index (χ4n) is 1.89. The number of rotatable bonds is 5. The Morgan fingerprint density at radius 1 is 1.29 bits per heavy atom.